The van der Waals surface area contributed by atoms with Crippen LogP contribution >= 0.6 is 0 Å². The largest absolute Gasteiger partial charge is 0.573 e. The van der Waals surface area contributed by atoms with E-state index in [1.54, 1.807) is 6.07 Å². The minimum atomic E-state index is -4.73. The Bertz CT molecular complexity index is 519. The van der Waals surface area contributed by atoms with Gasteiger partial charge in [0.2, 0.25) is 5.91 Å². The Morgan fingerprint density at radius 3 is 2.55 bits per heavy atom. The van der Waals surface area contributed by atoms with E-state index in [0.717, 1.165) is 12.8 Å². The van der Waals surface area contributed by atoms with E-state index in [0.29, 0.717) is 17.5 Å². The van der Waals surface area contributed by atoms with Crippen LogP contribution in [0.1, 0.15) is 19.3 Å². The van der Waals surface area contributed by atoms with Crippen molar-refractivity contribution < 1.29 is 22.7 Å². The molecule has 20 heavy (non-hydrogen) atoms. The van der Waals surface area contributed by atoms with Gasteiger partial charge in [-0.1, -0.05) is 6.07 Å². The smallest absolute Gasteiger partial charge is 0.406 e. The summed E-state index contributed by atoms with van der Waals surface area (Å²) in [7, 11) is 0. The average molecular weight is 285 g/mol. The molecule has 2 fully saturated rings. The molecule has 3 nitrogen and oxygen atoms in total. The highest BCUT2D eigenvalue weighted by Crippen LogP contribution is 2.54. The van der Waals surface area contributed by atoms with Crippen molar-refractivity contribution in [3.63, 3.8) is 0 Å². The lowest BCUT2D eigenvalue weighted by molar-refractivity contribution is -0.274. The summed E-state index contributed by atoms with van der Waals surface area (Å²) in [5.41, 5.74) is 0.331. The SMILES string of the molecule is O=C(Nc1cccc(OC(F)(F)F)c1)C1CC2CC2C1. The third-order valence-electron chi connectivity index (χ3n) is 3.95. The van der Waals surface area contributed by atoms with Gasteiger partial charge in [0.05, 0.1) is 0 Å². The van der Waals surface area contributed by atoms with Crippen LogP contribution in [0.3, 0.4) is 0 Å². The molecule has 2 saturated carbocycles. The molecule has 0 aliphatic heterocycles. The lowest BCUT2D eigenvalue weighted by atomic mass is 10.0. The van der Waals surface area contributed by atoms with E-state index in [1.807, 2.05) is 0 Å². The monoisotopic (exact) mass is 285 g/mol. The average Bonchev–Trinajstić information content (AvgIpc) is 2.94. The molecule has 0 saturated heterocycles. The maximum absolute atomic E-state index is 12.1. The standard InChI is InChI=1S/C14H14F3NO2/c15-14(16,17)20-12-3-1-2-11(7-12)18-13(19)10-5-8-4-9(8)6-10/h1-3,7-10H,4-6H2,(H,18,19). The van der Waals surface area contributed by atoms with Crippen molar-refractivity contribution in [3.8, 4) is 5.75 Å². The van der Waals surface area contributed by atoms with Crippen molar-refractivity contribution in [1.29, 1.82) is 0 Å². The normalized spacial score (nSPS) is 27.9. The number of carbonyl (C=O) groups is 1. The zero-order chi connectivity index (χ0) is 14.3. The molecule has 0 spiro atoms. The Hall–Kier alpha value is -1.72. The maximum atomic E-state index is 12.1. The first-order chi connectivity index (χ1) is 9.40. The first kappa shape index (κ1) is 13.3. The Morgan fingerprint density at radius 2 is 1.90 bits per heavy atom. The van der Waals surface area contributed by atoms with Crippen molar-refractivity contribution >= 4 is 11.6 Å². The molecule has 108 valence electrons. The summed E-state index contributed by atoms with van der Waals surface area (Å²) in [6.45, 7) is 0. The predicted octanol–water partition coefficient (Wildman–Crippen LogP) is 3.57. The van der Waals surface area contributed by atoms with Crippen LogP contribution in [0.25, 0.3) is 0 Å². The predicted molar refractivity (Wildman–Crippen MR) is 66.1 cm³/mol. The van der Waals surface area contributed by atoms with Crippen LogP contribution in [-0.4, -0.2) is 12.3 Å². The fraction of sp³-hybridized carbons (Fsp3) is 0.500. The van der Waals surface area contributed by atoms with E-state index in [1.165, 1.54) is 24.6 Å². The second-order valence-electron chi connectivity index (χ2n) is 5.49. The van der Waals surface area contributed by atoms with Crippen LogP contribution in [0.4, 0.5) is 18.9 Å². The van der Waals surface area contributed by atoms with E-state index in [4.69, 9.17) is 0 Å². The topological polar surface area (TPSA) is 38.3 Å². The highest BCUT2D eigenvalue weighted by Gasteiger charge is 2.47. The first-order valence-electron chi connectivity index (χ1n) is 6.57. The third-order valence-corrected chi connectivity index (χ3v) is 3.95. The van der Waals surface area contributed by atoms with Gasteiger partial charge >= 0.3 is 6.36 Å². The van der Waals surface area contributed by atoms with Crippen LogP contribution in [-0.2, 0) is 4.79 Å². The first-order valence-corrected chi connectivity index (χ1v) is 6.57. The Balaban J connectivity index is 1.62. The Labute approximate surface area is 114 Å². The lowest BCUT2D eigenvalue weighted by Gasteiger charge is -2.14. The molecule has 1 aromatic carbocycles. The van der Waals surface area contributed by atoms with Crippen LogP contribution in [0.15, 0.2) is 24.3 Å². The van der Waals surface area contributed by atoms with Gasteiger partial charge in [-0.2, -0.15) is 0 Å². The van der Waals surface area contributed by atoms with Gasteiger partial charge in [-0.3, -0.25) is 4.79 Å². The summed E-state index contributed by atoms with van der Waals surface area (Å²) in [4.78, 5) is 12.0. The molecule has 1 N–H and O–H groups in total. The number of rotatable bonds is 3. The number of anilines is 1. The molecule has 2 unspecified atom stereocenters. The second-order valence-corrected chi connectivity index (χ2v) is 5.49. The number of hydrogen-bond donors (Lipinski definition) is 1. The van der Waals surface area contributed by atoms with E-state index in [9.17, 15) is 18.0 Å². The molecule has 1 amide bonds. The zero-order valence-corrected chi connectivity index (χ0v) is 10.6. The molecule has 0 bridgehead atoms. The summed E-state index contributed by atoms with van der Waals surface area (Å²) in [5, 5.41) is 2.66. The van der Waals surface area contributed by atoms with Gasteiger partial charge in [-0.05, 0) is 43.2 Å². The van der Waals surface area contributed by atoms with Crippen molar-refractivity contribution in [2.24, 2.45) is 17.8 Å². The number of nitrogens with one attached hydrogen (secondary N) is 1. The van der Waals surface area contributed by atoms with Crippen molar-refractivity contribution in [2.45, 2.75) is 25.6 Å². The summed E-state index contributed by atoms with van der Waals surface area (Å²) in [6, 6.07) is 5.36. The van der Waals surface area contributed by atoms with E-state index in [2.05, 4.69) is 10.1 Å². The summed E-state index contributed by atoms with van der Waals surface area (Å²) in [5.74, 6) is 0.924. The number of fused-ring (bicyclic) bond motifs is 1. The van der Waals surface area contributed by atoms with Crippen molar-refractivity contribution in [2.75, 3.05) is 5.32 Å². The van der Waals surface area contributed by atoms with Gasteiger partial charge in [-0.15, -0.1) is 13.2 Å². The van der Waals surface area contributed by atoms with E-state index in [-0.39, 0.29) is 17.6 Å². The summed E-state index contributed by atoms with van der Waals surface area (Å²) >= 11 is 0. The fourth-order valence-electron chi connectivity index (χ4n) is 2.94. The van der Waals surface area contributed by atoms with Crippen molar-refractivity contribution in [3.05, 3.63) is 24.3 Å². The number of halogens is 3. The molecule has 0 radical (unpaired) electrons. The van der Waals surface area contributed by atoms with Gasteiger partial charge < -0.3 is 10.1 Å². The van der Waals surface area contributed by atoms with E-state index < -0.39 is 6.36 Å². The number of ether oxygens (including phenoxy) is 1. The maximum Gasteiger partial charge on any atom is 0.573 e. The summed E-state index contributed by atoms with van der Waals surface area (Å²) < 4.78 is 40.2. The number of amides is 1. The van der Waals surface area contributed by atoms with Gasteiger partial charge in [0.25, 0.3) is 0 Å². The van der Waals surface area contributed by atoms with E-state index >= 15 is 0 Å². The summed E-state index contributed by atoms with van der Waals surface area (Å²) in [6.07, 6.45) is -1.71. The molecular formula is C14H14F3NO2. The third kappa shape index (κ3) is 3.05. The molecule has 2 aliphatic rings. The zero-order valence-electron chi connectivity index (χ0n) is 10.6. The quantitative estimate of drug-likeness (QED) is 0.922. The highest BCUT2D eigenvalue weighted by atomic mass is 19.4. The van der Waals surface area contributed by atoms with Gasteiger partial charge in [0, 0.05) is 17.7 Å². The van der Waals surface area contributed by atoms with Crippen LogP contribution in [0, 0.1) is 17.8 Å². The molecule has 0 aromatic heterocycles. The molecule has 3 rings (SSSR count). The number of benzene rings is 1. The van der Waals surface area contributed by atoms with Gasteiger partial charge in [0.1, 0.15) is 5.75 Å². The second kappa shape index (κ2) is 4.68. The molecular weight excluding hydrogens is 271 g/mol. The molecule has 0 heterocycles. The minimum Gasteiger partial charge on any atom is -0.406 e. The van der Waals surface area contributed by atoms with Crippen molar-refractivity contribution in [1.82, 2.24) is 0 Å². The highest BCUT2D eigenvalue weighted by molar-refractivity contribution is 5.93. The minimum absolute atomic E-state index is 0.00839. The number of hydrogen-bond acceptors (Lipinski definition) is 2. The van der Waals surface area contributed by atoms with Gasteiger partial charge in [0.15, 0.2) is 0 Å². The molecule has 6 heteroatoms. The molecule has 2 aliphatic carbocycles. The van der Waals surface area contributed by atoms with Crippen LogP contribution in [0.5, 0.6) is 5.75 Å². The number of alkyl halides is 3. The Kier molecular flexibility index (Phi) is 3.11. The van der Waals surface area contributed by atoms with Gasteiger partial charge in [-0.25, -0.2) is 0 Å². The van der Waals surface area contributed by atoms with Crippen LogP contribution < -0.4 is 10.1 Å². The lowest BCUT2D eigenvalue weighted by Crippen LogP contribution is -2.22. The molecule has 1 aromatic rings. The fourth-order valence-corrected chi connectivity index (χ4v) is 2.94. The Morgan fingerprint density at radius 1 is 1.20 bits per heavy atom. The van der Waals surface area contributed by atoms with Crippen LogP contribution in [0.2, 0.25) is 0 Å². The number of carbonyl (C=O) groups excluding carboxylic acids is 1. The molecule has 2 atom stereocenters.